The molecule has 150 valence electrons. The molecule has 0 bridgehead atoms. The number of benzene rings is 3. The first-order chi connectivity index (χ1) is 13.7. The summed E-state index contributed by atoms with van der Waals surface area (Å²) in [4.78, 5) is 12.3. The second-order valence-corrected chi connectivity index (χ2v) is 8.38. The van der Waals surface area contributed by atoms with Gasteiger partial charge in [0.25, 0.3) is 15.9 Å². The first-order valence-electron chi connectivity index (χ1n) is 8.60. The monoisotopic (exact) mass is 416 g/mol. The van der Waals surface area contributed by atoms with Crippen molar-refractivity contribution in [3.63, 3.8) is 0 Å². The Morgan fingerprint density at radius 3 is 2.34 bits per heavy atom. The van der Waals surface area contributed by atoms with Crippen LogP contribution in [-0.4, -0.2) is 21.4 Å². The highest BCUT2D eigenvalue weighted by molar-refractivity contribution is 7.92. The van der Waals surface area contributed by atoms with Gasteiger partial charge in [-0.3, -0.25) is 9.10 Å². The minimum absolute atomic E-state index is 0.00737. The van der Waals surface area contributed by atoms with Crippen molar-refractivity contribution in [1.82, 2.24) is 0 Å². The molecular weight excluding hydrogens is 398 g/mol. The minimum atomic E-state index is -3.93. The second kappa shape index (κ2) is 8.00. The molecule has 0 spiro atoms. The van der Waals surface area contributed by atoms with Gasteiger partial charge in [0.15, 0.2) is 0 Å². The van der Waals surface area contributed by atoms with Crippen molar-refractivity contribution in [1.29, 1.82) is 0 Å². The predicted molar refractivity (Wildman–Crippen MR) is 108 cm³/mol. The summed E-state index contributed by atoms with van der Waals surface area (Å²) in [7, 11) is -2.52. The van der Waals surface area contributed by atoms with Gasteiger partial charge in [0.2, 0.25) is 0 Å². The SMILES string of the molecule is Cc1ccc(N(C)S(=O)(=O)c2cccc(C(=O)Nc3cc(F)ccc3F)c2)cc1. The van der Waals surface area contributed by atoms with Crippen LogP contribution >= 0.6 is 0 Å². The molecule has 0 aliphatic heterocycles. The zero-order valence-corrected chi connectivity index (χ0v) is 16.5. The van der Waals surface area contributed by atoms with Crippen molar-refractivity contribution < 1.29 is 22.0 Å². The molecule has 0 saturated heterocycles. The summed E-state index contributed by atoms with van der Waals surface area (Å²) < 4.78 is 54.0. The van der Waals surface area contributed by atoms with Crippen LogP contribution < -0.4 is 9.62 Å². The molecule has 0 saturated carbocycles. The van der Waals surface area contributed by atoms with Crippen LogP contribution in [0.1, 0.15) is 15.9 Å². The molecular formula is C21H18F2N2O3S. The molecule has 0 aliphatic carbocycles. The van der Waals surface area contributed by atoms with Crippen LogP contribution in [0.25, 0.3) is 0 Å². The van der Waals surface area contributed by atoms with Gasteiger partial charge in [0.1, 0.15) is 11.6 Å². The van der Waals surface area contributed by atoms with Gasteiger partial charge < -0.3 is 5.32 Å². The fraction of sp³-hybridized carbons (Fsp3) is 0.0952. The summed E-state index contributed by atoms with van der Waals surface area (Å²) in [5.41, 5.74) is 1.11. The molecule has 0 atom stereocenters. The maximum atomic E-state index is 13.8. The molecule has 0 unspecified atom stereocenters. The lowest BCUT2D eigenvalue weighted by molar-refractivity contribution is 0.102. The van der Waals surface area contributed by atoms with E-state index in [0.717, 1.165) is 28.1 Å². The van der Waals surface area contributed by atoms with E-state index in [2.05, 4.69) is 5.32 Å². The Morgan fingerprint density at radius 2 is 1.66 bits per heavy atom. The Hall–Kier alpha value is -3.26. The largest absolute Gasteiger partial charge is 0.319 e. The lowest BCUT2D eigenvalue weighted by atomic mass is 10.2. The number of carbonyl (C=O) groups is 1. The Kier molecular flexibility index (Phi) is 5.65. The van der Waals surface area contributed by atoms with Crippen molar-refractivity contribution >= 4 is 27.3 Å². The topological polar surface area (TPSA) is 66.5 Å². The van der Waals surface area contributed by atoms with Crippen molar-refractivity contribution in [2.24, 2.45) is 0 Å². The molecule has 29 heavy (non-hydrogen) atoms. The number of rotatable bonds is 5. The third-order valence-corrected chi connectivity index (χ3v) is 6.11. The molecule has 8 heteroatoms. The van der Waals surface area contributed by atoms with Crippen molar-refractivity contribution in [3.8, 4) is 0 Å². The fourth-order valence-electron chi connectivity index (χ4n) is 2.64. The lowest BCUT2D eigenvalue weighted by Crippen LogP contribution is -2.26. The number of anilines is 2. The Labute approximate surface area is 167 Å². The van der Waals surface area contributed by atoms with E-state index in [9.17, 15) is 22.0 Å². The molecule has 0 fully saturated rings. The van der Waals surface area contributed by atoms with E-state index < -0.39 is 27.6 Å². The highest BCUT2D eigenvalue weighted by atomic mass is 32.2. The summed E-state index contributed by atoms with van der Waals surface area (Å²) in [6.45, 7) is 1.89. The van der Waals surface area contributed by atoms with Crippen molar-refractivity contribution in [2.45, 2.75) is 11.8 Å². The number of aryl methyl sites for hydroxylation is 1. The zero-order chi connectivity index (χ0) is 21.2. The van der Waals surface area contributed by atoms with Crippen LogP contribution in [0.2, 0.25) is 0 Å². The predicted octanol–water partition coefficient (Wildman–Crippen LogP) is 4.35. The summed E-state index contributed by atoms with van der Waals surface area (Å²) >= 11 is 0. The van der Waals surface area contributed by atoms with E-state index >= 15 is 0 Å². The normalized spacial score (nSPS) is 11.2. The molecule has 0 aromatic heterocycles. The third-order valence-electron chi connectivity index (χ3n) is 4.33. The quantitative estimate of drug-likeness (QED) is 0.672. The van der Waals surface area contributed by atoms with Crippen molar-refractivity contribution in [3.05, 3.63) is 89.5 Å². The van der Waals surface area contributed by atoms with Crippen LogP contribution in [-0.2, 0) is 10.0 Å². The van der Waals surface area contributed by atoms with Crippen LogP contribution in [0.4, 0.5) is 20.2 Å². The van der Waals surface area contributed by atoms with Gasteiger partial charge in [0.05, 0.1) is 16.3 Å². The Bertz CT molecular complexity index is 1160. The van der Waals surface area contributed by atoms with Gasteiger partial charge in [0, 0.05) is 18.7 Å². The van der Waals surface area contributed by atoms with Crippen LogP contribution in [0.5, 0.6) is 0 Å². The number of carbonyl (C=O) groups excluding carboxylic acids is 1. The zero-order valence-electron chi connectivity index (χ0n) is 15.7. The molecule has 3 aromatic rings. The summed E-state index contributed by atoms with van der Waals surface area (Å²) in [6.07, 6.45) is 0. The smallest absolute Gasteiger partial charge is 0.264 e. The summed E-state index contributed by atoms with van der Waals surface area (Å²) in [5.74, 6) is -2.27. The first-order valence-corrected chi connectivity index (χ1v) is 10.0. The molecule has 1 N–H and O–H groups in total. The highest BCUT2D eigenvalue weighted by Crippen LogP contribution is 2.24. The molecule has 0 aliphatic rings. The third kappa shape index (κ3) is 4.43. The number of nitrogens with one attached hydrogen (secondary N) is 1. The maximum Gasteiger partial charge on any atom is 0.264 e. The number of nitrogens with zero attached hydrogens (tertiary/aromatic N) is 1. The number of sulfonamides is 1. The van der Waals surface area contributed by atoms with Gasteiger partial charge in [-0.2, -0.15) is 0 Å². The molecule has 5 nitrogen and oxygen atoms in total. The van der Waals surface area contributed by atoms with Gasteiger partial charge in [-0.1, -0.05) is 23.8 Å². The van der Waals surface area contributed by atoms with Crippen molar-refractivity contribution in [2.75, 3.05) is 16.7 Å². The van der Waals surface area contributed by atoms with Crippen LogP contribution in [0.3, 0.4) is 0 Å². The number of hydrogen-bond donors (Lipinski definition) is 1. The fourth-order valence-corrected chi connectivity index (χ4v) is 3.88. The van der Waals surface area contributed by atoms with Gasteiger partial charge in [-0.05, 0) is 49.4 Å². The number of halogens is 2. The van der Waals surface area contributed by atoms with E-state index in [1.165, 1.54) is 31.3 Å². The van der Waals surface area contributed by atoms with Gasteiger partial charge in [-0.15, -0.1) is 0 Å². The van der Waals surface area contributed by atoms with Crippen LogP contribution in [0.15, 0.2) is 71.6 Å². The first kappa shape index (κ1) is 20.5. The average molecular weight is 416 g/mol. The van der Waals surface area contributed by atoms with E-state index in [-0.39, 0.29) is 16.1 Å². The molecule has 3 rings (SSSR count). The minimum Gasteiger partial charge on any atom is -0.319 e. The Balaban J connectivity index is 1.89. The van der Waals surface area contributed by atoms with Gasteiger partial charge >= 0.3 is 0 Å². The van der Waals surface area contributed by atoms with Gasteiger partial charge in [-0.25, -0.2) is 17.2 Å². The molecule has 3 aromatic carbocycles. The second-order valence-electron chi connectivity index (χ2n) is 6.41. The lowest BCUT2D eigenvalue weighted by Gasteiger charge is -2.20. The van der Waals surface area contributed by atoms with E-state index in [4.69, 9.17) is 0 Å². The molecule has 0 radical (unpaired) electrons. The van der Waals surface area contributed by atoms with E-state index in [1.54, 1.807) is 24.3 Å². The summed E-state index contributed by atoms with van der Waals surface area (Å²) in [6, 6.07) is 14.9. The standard InChI is InChI=1S/C21H18F2N2O3S/c1-14-6-9-17(10-7-14)25(2)29(27,28)18-5-3-4-15(12-18)21(26)24-20-13-16(22)8-11-19(20)23/h3-13H,1-2H3,(H,24,26). The van der Waals surface area contributed by atoms with E-state index in [1.807, 2.05) is 6.92 Å². The number of hydrogen-bond acceptors (Lipinski definition) is 3. The van der Waals surface area contributed by atoms with Crippen LogP contribution in [0, 0.1) is 18.6 Å². The molecule has 1 amide bonds. The maximum absolute atomic E-state index is 13.8. The summed E-state index contributed by atoms with van der Waals surface area (Å²) in [5, 5.41) is 2.25. The van der Waals surface area contributed by atoms with E-state index in [0.29, 0.717) is 5.69 Å². The average Bonchev–Trinajstić information content (AvgIpc) is 2.71. The highest BCUT2D eigenvalue weighted by Gasteiger charge is 2.22. The Morgan fingerprint density at radius 1 is 0.966 bits per heavy atom. The number of amides is 1. The molecule has 0 heterocycles.